The highest BCUT2D eigenvalue weighted by atomic mass is 35.5. The molecule has 1 saturated heterocycles. The summed E-state index contributed by atoms with van der Waals surface area (Å²) < 4.78 is 16.2. The van der Waals surface area contributed by atoms with Gasteiger partial charge in [0.25, 0.3) is 5.91 Å². The molecule has 0 saturated carbocycles. The van der Waals surface area contributed by atoms with E-state index in [1.807, 2.05) is 25.1 Å². The molecule has 0 aromatic heterocycles. The van der Waals surface area contributed by atoms with E-state index in [0.29, 0.717) is 34.6 Å². The maximum Gasteiger partial charge on any atom is 0.258 e. The summed E-state index contributed by atoms with van der Waals surface area (Å²) in [6, 6.07) is 10.5. The molecule has 1 fully saturated rings. The van der Waals surface area contributed by atoms with Crippen molar-refractivity contribution in [2.24, 2.45) is 4.99 Å². The van der Waals surface area contributed by atoms with Crippen LogP contribution in [0.5, 0.6) is 11.5 Å². The summed E-state index contributed by atoms with van der Waals surface area (Å²) in [6.07, 6.45) is 2.02. The molecule has 2 N–H and O–H groups in total. The second-order valence-corrected chi connectivity index (χ2v) is 7.32. The van der Waals surface area contributed by atoms with Crippen LogP contribution in [-0.4, -0.2) is 45.3 Å². The summed E-state index contributed by atoms with van der Waals surface area (Å²) in [5, 5.41) is 6.66. The fourth-order valence-electron chi connectivity index (χ4n) is 3.08. The van der Waals surface area contributed by atoms with Gasteiger partial charge in [0.2, 0.25) is 5.96 Å². The fraction of sp³-hybridized carbons (Fsp3) is 0.364. The number of hydrogen-bond acceptors (Lipinski definition) is 5. The first kappa shape index (κ1) is 21.9. The Bertz CT molecular complexity index is 904. The van der Waals surface area contributed by atoms with Gasteiger partial charge in [-0.25, -0.2) is 4.99 Å². The number of nitrogens with zero attached hydrogens (tertiary/aromatic N) is 1. The minimum absolute atomic E-state index is 0.0519. The van der Waals surface area contributed by atoms with Gasteiger partial charge in [-0.3, -0.25) is 10.1 Å². The second kappa shape index (κ2) is 10.3. The lowest BCUT2D eigenvalue weighted by atomic mass is 10.2. The summed E-state index contributed by atoms with van der Waals surface area (Å²) in [4.78, 5) is 17.5. The van der Waals surface area contributed by atoms with Gasteiger partial charge in [0.05, 0.1) is 26.9 Å². The van der Waals surface area contributed by atoms with Gasteiger partial charge in [0.15, 0.2) is 0 Å². The summed E-state index contributed by atoms with van der Waals surface area (Å²) >= 11 is 6.23. The first-order valence-corrected chi connectivity index (χ1v) is 10.1. The van der Waals surface area contributed by atoms with Crippen LogP contribution < -0.4 is 20.1 Å². The molecule has 1 aliphatic rings. The topological polar surface area (TPSA) is 81.2 Å². The van der Waals surface area contributed by atoms with Crippen molar-refractivity contribution < 1.29 is 19.0 Å². The van der Waals surface area contributed by atoms with Crippen molar-refractivity contribution in [2.45, 2.75) is 25.9 Å². The lowest BCUT2D eigenvalue weighted by molar-refractivity contribution is 0.0975. The standard InChI is InChI=1S/C22H26ClN3O4/c1-14-19(23)7-4-8-20(14)25-22(24-13-16-6-5-9-30-16)26-21(27)15-10-17(28-2)12-18(11-15)29-3/h4,7-8,10-12,16H,5-6,9,13H2,1-3H3,(H2,24,25,26,27)/t16-/m0/s1. The Morgan fingerprint density at radius 1 is 1.23 bits per heavy atom. The fourth-order valence-corrected chi connectivity index (χ4v) is 3.25. The van der Waals surface area contributed by atoms with Crippen molar-refractivity contribution in [1.29, 1.82) is 0 Å². The molecule has 0 radical (unpaired) electrons. The number of methoxy groups -OCH3 is 2. The van der Waals surface area contributed by atoms with Crippen LogP contribution in [0.3, 0.4) is 0 Å². The van der Waals surface area contributed by atoms with Gasteiger partial charge in [-0.1, -0.05) is 17.7 Å². The number of carbonyl (C=O) groups excluding carboxylic acids is 1. The number of nitrogens with one attached hydrogen (secondary N) is 2. The molecule has 1 atom stereocenters. The van der Waals surface area contributed by atoms with E-state index in [4.69, 9.17) is 25.8 Å². The highest BCUT2D eigenvalue weighted by molar-refractivity contribution is 6.31. The molecule has 160 valence electrons. The minimum atomic E-state index is -0.342. The highest BCUT2D eigenvalue weighted by Gasteiger charge is 2.17. The van der Waals surface area contributed by atoms with Crippen molar-refractivity contribution in [2.75, 3.05) is 32.7 Å². The number of aliphatic imine (C=N–C) groups is 1. The van der Waals surface area contributed by atoms with Gasteiger partial charge < -0.3 is 19.5 Å². The highest BCUT2D eigenvalue weighted by Crippen LogP contribution is 2.24. The smallest absolute Gasteiger partial charge is 0.258 e. The first-order valence-electron chi connectivity index (χ1n) is 9.72. The molecule has 1 amide bonds. The number of carbonyl (C=O) groups is 1. The zero-order valence-electron chi connectivity index (χ0n) is 17.3. The number of rotatable bonds is 6. The Balaban J connectivity index is 1.83. The van der Waals surface area contributed by atoms with E-state index in [1.54, 1.807) is 18.2 Å². The molecule has 1 heterocycles. The zero-order chi connectivity index (χ0) is 21.5. The SMILES string of the molecule is COc1cc(OC)cc(C(=O)NC(=NC[C@@H]2CCCO2)Nc2cccc(Cl)c2C)c1. The van der Waals surface area contributed by atoms with Crippen molar-refractivity contribution >= 4 is 29.2 Å². The largest absolute Gasteiger partial charge is 0.497 e. The van der Waals surface area contributed by atoms with Crippen LogP contribution in [0, 0.1) is 6.92 Å². The van der Waals surface area contributed by atoms with Crippen LogP contribution in [0.25, 0.3) is 0 Å². The molecule has 0 unspecified atom stereocenters. The average molecular weight is 432 g/mol. The van der Waals surface area contributed by atoms with E-state index in [9.17, 15) is 4.79 Å². The molecular formula is C22H26ClN3O4. The summed E-state index contributed by atoms with van der Waals surface area (Å²) in [6.45, 7) is 3.09. The van der Waals surface area contributed by atoms with Gasteiger partial charge in [-0.05, 0) is 49.6 Å². The third kappa shape index (κ3) is 5.64. The van der Waals surface area contributed by atoms with Crippen LogP contribution in [0.4, 0.5) is 5.69 Å². The van der Waals surface area contributed by atoms with E-state index in [-0.39, 0.29) is 12.0 Å². The average Bonchev–Trinajstić information content (AvgIpc) is 3.28. The minimum Gasteiger partial charge on any atom is -0.497 e. The van der Waals surface area contributed by atoms with Gasteiger partial charge in [-0.15, -0.1) is 0 Å². The van der Waals surface area contributed by atoms with Crippen LogP contribution in [0.2, 0.25) is 5.02 Å². The summed E-state index contributed by atoms with van der Waals surface area (Å²) in [5.41, 5.74) is 2.01. The molecule has 3 rings (SSSR count). The number of guanidine groups is 1. The number of benzene rings is 2. The van der Waals surface area contributed by atoms with Crippen molar-refractivity contribution in [3.63, 3.8) is 0 Å². The number of amides is 1. The van der Waals surface area contributed by atoms with Crippen LogP contribution in [0.15, 0.2) is 41.4 Å². The molecule has 7 nitrogen and oxygen atoms in total. The molecular weight excluding hydrogens is 406 g/mol. The van der Waals surface area contributed by atoms with Gasteiger partial charge in [-0.2, -0.15) is 0 Å². The number of anilines is 1. The summed E-state index contributed by atoms with van der Waals surface area (Å²) in [7, 11) is 3.07. The van der Waals surface area contributed by atoms with E-state index < -0.39 is 0 Å². The lowest BCUT2D eigenvalue weighted by Crippen LogP contribution is -2.37. The molecule has 30 heavy (non-hydrogen) atoms. The monoisotopic (exact) mass is 431 g/mol. The third-order valence-corrected chi connectivity index (χ3v) is 5.25. The van der Waals surface area contributed by atoms with Crippen molar-refractivity contribution in [3.05, 3.63) is 52.5 Å². The quantitative estimate of drug-likeness (QED) is 0.533. The molecule has 0 aliphatic carbocycles. The zero-order valence-corrected chi connectivity index (χ0v) is 18.1. The van der Waals surface area contributed by atoms with Crippen LogP contribution in [-0.2, 0) is 4.74 Å². The van der Waals surface area contributed by atoms with E-state index in [2.05, 4.69) is 15.6 Å². The number of hydrogen-bond donors (Lipinski definition) is 2. The lowest BCUT2D eigenvalue weighted by Gasteiger charge is -2.16. The summed E-state index contributed by atoms with van der Waals surface area (Å²) in [5.74, 6) is 1.03. The second-order valence-electron chi connectivity index (χ2n) is 6.92. The molecule has 0 bridgehead atoms. The van der Waals surface area contributed by atoms with Crippen LogP contribution >= 0.6 is 11.6 Å². The van der Waals surface area contributed by atoms with Crippen LogP contribution in [0.1, 0.15) is 28.8 Å². The Labute approximate surface area is 181 Å². The van der Waals surface area contributed by atoms with E-state index in [0.717, 1.165) is 30.7 Å². The number of ether oxygens (including phenoxy) is 3. The molecule has 2 aromatic rings. The van der Waals surface area contributed by atoms with E-state index in [1.165, 1.54) is 14.2 Å². The molecule has 1 aliphatic heterocycles. The number of halogens is 1. The van der Waals surface area contributed by atoms with Gasteiger partial charge in [0, 0.05) is 28.9 Å². The third-order valence-electron chi connectivity index (χ3n) is 4.84. The predicted molar refractivity (Wildman–Crippen MR) is 118 cm³/mol. The molecule has 8 heteroatoms. The van der Waals surface area contributed by atoms with Gasteiger partial charge >= 0.3 is 0 Å². The van der Waals surface area contributed by atoms with E-state index >= 15 is 0 Å². The Hall–Kier alpha value is -2.77. The Morgan fingerprint density at radius 2 is 1.97 bits per heavy atom. The van der Waals surface area contributed by atoms with Crippen molar-refractivity contribution in [3.8, 4) is 11.5 Å². The molecule has 2 aromatic carbocycles. The maximum atomic E-state index is 12.9. The van der Waals surface area contributed by atoms with Crippen molar-refractivity contribution in [1.82, 2.24) is 5.32 Å². The Kier molecular flexibility index (Phi) is 7.54. The first-order chi connectivity index (χ1) is 14.5. The Morgan fingerprint density at radius 3 is 2.60 bits per heavy atom. The normalized spacial score (nSPS) is 16.3. The molecule has 0 spiro atoms. The van der Waals surface area contributed by atoms with Gasteiger partial charge in [0.1, 0.15) is 11.5 Å². The maximum absolute atomic E-state index is 12.9. The predicted octanol–water partition coefficient (Wildman–Crippen LogP) is 4.04.